The fourth-order valence-corrected chi connectivity index (χ4v) is 2.37. The van der Waals surface area contributed by atoms with Gasteiger partial charge in [-0.1, -0.05) is 19.9 Å². The Morgan fingerprint density at radius 2 is 2.00 bits per heavy atom. The standard InChI is InChI=1S/C19H27N5O2.2ClH/c1-14(2)19(3,12-20)23-18(26)15-5-4-6-16(11-15)22-17(25)7-9-24-10-8-21-13-24;;/h4-6,8,10-11,13-14H,7,9,12,20H2,1-3H3,(H,22,25)(H,23,26);2*1H. The number of aromatic nitrogens is 2. The van der Waals surface area contributed by atoms with Crippen LogP contribution in [0.25, 0.3) is 0 Å². The van der Waals surface area contributed by atoms with Gasteiger partial charge in [0.05, 0.1) is 11.9 Å². The summed E-state index contributed by atoms with van der Waals surface area (Å²) in [6, 6.07) is 6.89. The first-order valence-electron chi connectivity index (χ1n) is 8.72. The van der Waals surface area contributed by atoms with Gasteiger partial charge in [0, 0.05) is 43.2 Å². The number of aryl methyl sites for hydroxylation is 1. The van der Waals surface area contributed by atoms with Crippen LogP contribution in [-0.4, -0.2) is 33.4 Å². The van der Waals surface area contributed by atoms with Crippen molar-refractivity contribution >= 4 is 42.3 Å². The second-order valence-corrected chi connectivity index (χ2v) is 6.91. The highest BCUT2D eigenvalue weighted by molar-refractivity contribution is 5.97. The van der Waals surface area contributed by atoms with Crippen molar-refractivity contribution in [3.8, 4) is 0 Å². The number of anilines is 1. The average Bonchev–Trinajstić information content (AvgIpc) is 3.13. The molecule has 0 aliphatic rings. The minimum atomic E-state index is -0.485. The predicted molar refractivity (Wildman–Crippen MR) is 116 cm³/mol. The fraction of sp³-hybridized carbons (Fsp3) is 0.421. The van der Waals surface area contributed by atoms with E-state index in [1.807, 2.05) is 25.3 Å². The highest BCUT2D eigenvalue weighted by Crippen LogP contribution is 2.17. The molecule has 2 aromatic rings. The summed E-state index contributed by atoms with van der Waals surface area (Å²) in [5, 5.41) is 5.82. The van der Waals surface area contributed by atoms with Crippen LogP contribution < -0.4 is 16.4 Å². The third kappa shape index (κ3) is 7.14. The number of rotatable bonds is 8. The van der Waals surface area contributed by atoms with Crippen LogP contribution in [0.3, 0.4) is 0 Å². The topological polar surface area (TPSA) is 102 Å². The van der Waals surface area contributed by atoms with Crippen molar-refractivity contribution in [1.82, 2.24) is 14.9 Å². The summed E-state index contributed by atoms with van der Waals surface area (Å²) in [5.74, 6) is -0.131. The van der Waals surface area contributed by atoms with E-state index < -0.39 is 5.54 Å². The Bertz CT molecular complexity index is 753. The molecular formula is C19H29Cl2N5O2. The molecule has 0 fully saturated rings. The fourth-order valence-electron chi connectivity index (χ4n) is 2.37. The number of halogens is 2. The number of nitrogens with two attached hydrogens (primary N) is 1. The molecule has 1 atom stereocenters. The smallest absolute Gasteiger partial charge is 0.251 e. The third-order valence-corrected chi connectivity index (χ3v) is 4.66. The normalized spacial score (nSPS) is 12.3. The van der Waals surface area contributed by atoms with Gasteiger partial charge in [0.15, 0.2) is 0 Å². The Hall–Kier alpha value is -2.09. The maximum absolute atomic E-state index is 12.6. The van der Waals surface area contributed by atoms with E-state index in [1.165, 1.54) is 0 Å². The zero-order chi connectivity index (χ0) is 19.2. The molecule has 0 radical (unpaired) electrons. The molecule has 0 spiro atoms. The largest absolute Gasteiger partial charge is 0.345 e. The molecule has 28 heavy (non-hydrogen) atoms. The molecular weight excluding hydrogens is 401 g/mol. The van der Waals surface area contributed by atoms with Gasteiger partial charge < -0.3 is 20.9 Å². The minimum Gasteiger partial charge on any atom is -0.345 e. The first-order chi connectivity index (χ1) is 12.3. The van der Waals surface area contributed by atoms with E-state index in [0.29, 0.717) is 30.8 Å². The number of nitrogens with zero attached hydrogens (tertiary/aromatic N) is 2. The monoisotopic (exact) mass is 429 g/mol. The van der Waals surface area contributed by atoms with Crippen LogP contribution in [0, 0.1) is 5.92 Å². The first kappa shape index (κ1) is 25.9. The molecule has 0 aliphatic carbocycles. The first-order valence-corrected chi connectivity index (χ1v) is 8.72. The van der Waals surface area contributed by atoms with Crippen LogP contribution in [-0.2, 0) is 11.3 Å². The lowest BCUT2D eigenvalue weighted by Gasteiger charge is -2.33. The van der Waals surface area contributed by atoms with Crippen LogP contribution >= 0.6 is 24.8 Å². The Morgan fingerprint density at radius 1 is 1.29 bits per heavy atom. The molecule has 1 unspecified atom stereocenters. The summed E-state index contributed by atoms with van der Waals surface area (Å²) in [5.41, 5.74) is 6.41. The maximum Gasteiger partial charge on any atom is 0.251 e. The van der Waals surface area contributed by atoms with E-state index in [2.05, 4.69) is 15.6 Å². The molecule has 1 aromatic heterocycles. The maximum atomic E-state index is 12.6. The van der Waals surface area contributed by atoms with Gasteiger partial charge in [-0.3, -0.25) is 9.59 Å². The Kier molecular flexibility index (Phi) is 10.8. The second kappa shape index (κ2) is 11.7. The molecule has 4 N–H and O–H groups in total. The van der Waals surface area contributed by atoms with Crippen molar-refractivity contribution in [1.29, 1.82) is 0 Å². The van der Waals surface area contributed by atoms with Gasteiger partial charge in [0.25, 0.3) is 5.91 Å². The Balaban J connectivity index is 0.00000364. The molecule has 1 aromatic carbocycles. The van der Waals surface area contributed by atoms with E-state index in [4.69, 9.17) is 5.73 Å². The SMILES string of the molecule is CC(C)C(C)(CN)NC(=O)c1cccc(NC(=O)CCn2ccnc2)c1.Cl.Cl. The molecule has 0 bridgehead atoms. The number of hydrogen-bond acceptors (Lipinski definition) is 4. The number of carbonyl (C=O) groups is 2. The third-order valence-electron chi connectivity index (χ3n) is 4.66. The number of hydrogen-bond donors (Lipinski definition) is 3. The van der Waals surface area contributed by atoms with Crippen molar-refractivity contribution in [3.05, 3.63) is 48.5 Å². The number of imidazole rings is 1. The molecule has 2 rings (SSSR count). The van der Waals surface area contributed by atoms with Crippen molar-refractivity contribution in [2.75, 3.05) is 11.9 Å². The number of benzene rings is 1. The van der Waals surface area contributed by atoms with Gasteiger partial charge in [-0.05, 0) is 31.0 Å². The lowest BCUT2D eigenvalue weighted by Crippen LogP contribution is -2.55. The van der Waals surface area contributed by atoms with E-state index in [9.17, 15) is 9.59 Å². The molecule has 156 valence electrons. The molecule has 2 amide bonds. The van der Waals surface area contributed by atoms with Crippen LogP contribution in [0.1, 0.15) is 37.6 Å². The Morgan fingerprint density at radius 3 is 2.57 bits per heavy atom. The highest BCUT2D eigenvalue weighted by Gasteiger charge is 2.28. The van der Waals surface area contributed by atoms with Gasteiger partial charge >= 0.3 is 0 Å². The Labute approximate surface area is 178 Å². The lowest BCUT2D eigenvalue weighted by atomic mass is 9.88. The summed E-state index contributed by atoms with van der Waals surface area (Å²) in [6.45, 7) is 6.86. The van der Waals surface area contributed by atoms with Gasteiger partial charge in [0.1, 0.15) is 0 Å². The molecule has 7 nitrogen and oxygen atoms in total. The van der Waals surface area contributed by atoms with Gasteiger partial charge in [-0.15, -0.1) is 24.8 Å². The van der Waals surface area contributed by atoms with Crippen molar-refractivity contribution < 1.29 is 9.59 Å². The van der Waals surface area contributed by atoms with Gasteiger partial charge in [0.2, 0.25) is 5.91 Å². The lowest BCUT2D eigenvalue weighted by molar-refractivity contribution is -0.116. The van der Waals surface area contributed by atoms with Crippen LogP contribution in [0.15, 0.2) is 43.0 Å². The predicted octanol–water partition coefficient (Wildman–Crippen LogP) is 2.86. The highest BCUT2D eigenvalue weighted by atomic mass is 35.5. The summed E-state index contributed by atoms with van der Waals surface area (Å²) < 4.78 is 1.84. The summed E-state index contributed by atoms with van der Waals surface area (Å²) in [6.07, 6.45) is 5.47. The van der Waals surface area contributed by atoms with Crippen molar-refractivity contribution in [2.24, 2.45) is 11.7 Å². The average molecular weight is 430 g/mol. The zero-order valence-electron chi connectivity index (χ0n) is 16.3. The summed E-state index contributed by atoms with van der Waals surface area (Å²) in [7, 11) is 0. The van der Waals surface area contributed by atoms with E-state index in [1.54, 1.807) is 43.0 Å². The molecule has 0 saturated heterocycles. The van der Waals surface area contributed by atoms with Gasteiger partial charge in [-0.2, -0.15) is 0 Å². The molecule has 1 heterocycles. The van der Waals surface area contributed by atoms with Crippen molar-refractivity contribution in [3.63, 3.8) is 0 Å². The quantitative estimate of drug-likeness (QED) is 0.599. The van der Waals surface area contributed by atoms with Crippen LogP contribution in [0.2, 0.25) is 0 Å². The number of nitrogens with one attached hydrogen (secondary N) is 2. The van der Waals surface area contributed by atoms with Gasteiger partial charge in [-0.25, -0.2) is 4.98 Å². The minimum absolute atomic E-state index is 0. The number of carbonyl (C=O) groups excluding carboxylic acids is 2. The molecule has 9 heteroatoms. The second-order valence-electron chi connectivity index (χ2n) is 6.91. The summed E-state index contributed by atoms with van der Waals surface area (Å²) >= 11 is 0. The van der Waals surface area contributed by atoms with E-state index in [-0.39, 0.29) is 42.5 Å². The van der Waals surface area contributed by atoms with Crippen LogP contribution in [0.5, 0.6) is 0 Å². The zero-order valence-corrected chi connectivity index (χ0v) is 18.0. The molecule has 0 aliphatic heterocycles. The summed E-state index contributed by atoms with van der Waals surface area (Å²) in [4.78, 5) is 28.6. The van der Waals surface area contributed by atoms with E-state index >= 15 is 0 Å². The molecule has 0 saturated carbocycles. The van der Waals surface area contributed by atoms with E-state index in [0.717, 1.165) is 0 Å². The van der Waals surface area contributed by atoms with Crippen molar-refractivity contribution in [2.45, 2.75) is 39.3 Å². The van der Waals surface area contributed by atoms with Crippen LogP contribution in [0.4, 0.5) is 5.69 Å². The number of amides is 2.